The first kappa shape index (κ1) is 17.1. The predicted molar refractivity (Wildman–Crippen MR) is 100 cm³/mol. The van der Waals surface area contributed by atoms with Crippen molar-refractivity contribution >= 4 is 16.8 Å². The minimum atomic E-state index is -0.259. The fourth-order valence-corrected chi connectivity index (χ4v) is 2.77. The number of aryl methyl sites for hydroxylation is 3. The molecule has 128 valence electrons. The summed E-state index contributed by atoms with van der Waals surface area (Å²) in [6.07, 6.45) is 0. The Labute approximate surface area is 147 Å². The Morgan fingerprint density at radius 1 is 1.04 bits per heavy atom. The van der Waals surface area contributed by atoms with Crippen LogP contribution in [-0.4, -0.2) is 17.5 Å². The number of carbonyl (C=O) groups is 1. The lowest BCUT2D eigenvalue weighted by Gasteiger charge is -2.11. The number of carbonyl (C=O) groups excluding carboxylic acids is 1. The lowest BCUT2D eigenvalue weighted by molar-refractivity contribution is 0.0366. The molecule has 2 aromatic carbocycles. The van der Waals surface area contributed by atoms with Crippen molar-refractivity contribution in [2.75, 3.05) is 6.61 Å². The summed E-state index contributed by atoms with van der Waals surface area (Å²) in [5, 5.41) is 0.824. The smallest absolute Gasteiger partial charge is 0.274 e. The largest absolute Gasteiger partial charge is 0.275 e. The van der Waals surface area contributed by atoms with Crippen LogP contribution in [0.4, 0.5) is 0 Å². The molecule has 0 radical (unpaired) electrons. The first-order valence-corrected chi connectivity index (χ1v) is 8.40. The molecule has 4 heteroatoms. The minimum absolute atomic E-state index is 0.259. The fraction of sp³-hybridized carbons (Fsp3) is 0.238. The molecule has 1 N–H and O–H groups in total. The highest BCUT2D eigenvalue weighted by molar-refractivity contribution is 6.07. The molecule has 0 saturated carbocycles. The maximum absolute atomic E-state index is 12.6. The number of rotatable bonds is 4. The van der Waals surface area contributed by atoms with Crippen molar-refractivity contribution in [2.45, 2.75) is 27.7 Å². The number of fused-ring (bicyclic) bond motifs is 1. The average molecular weight is 334 g/mol. The van der Waals surface area contributed by atoms with Gasteiger partial charge in [-0.3, -0.25) is 9.63 Å². The van der Waals surface area contributed by atoms with Crippen LogP contribution >= 0.6 is 0 Å². The van der Waals surface area contributed by atoms with Crippen molar-refractivity contribution < 1.29 is 9.63 Å². The molecule has 1 amide bonds. The van der Waals surface area contributed by atoms with Crippen molar-refractivity contribution in [1.29, 1.82) is 0 Å². The van der Waals surface area contributed by atoms with Crippen LogP contribution in [0, 0.1) is 20.8 Å². The van der Waals surface area contributed by atoms with Crippen LogP contribution in [0.1, 0.15) is 34.0 Å². The van der Waals surface area contributed by atoms with Crippen LogP contribution in [-0.2, 0) is 4.84 Å². The molecule has 1 aromatic heterocycles. The van der Waals surface area contributed by atoms with Gasteiger partial charge >= 0.3 is 0 Å². The van der Waals surface area contributed by atoms with Gasteiger partial charge in [0, 0.05) is 10.9 Å². The predicted octanol–water partition coefficient (Wildman–Crippen LogP) is 4.51. The molecule has 0 saturated heterocycles. The number of hydrogen-bond acceptors (Lipinski definition) is 3. The zero-order valence-corrected chi connectivity index (χ0v) is 15.0. The number of benzene rings is 2. The van der Waals surface area contributed by atoms with Gasteiger partial charge in [0.2, 0.25) is 0 Å². The molecule has 25 heavy (non-hydrogen) atoms. The molecule has 0 aliphatic rings. The number of hydroxylamine groups is 1. The van der Waals surface area contributed by atoms with E-state index in [2.05, 4.69) is 31.5 Å². The fourth-order valence-electron chi connectivity index (χ4n) is 2.77. The van der Waals surface area contributed by atoms with Crippen LogP contribution in [0.15, 0.2) is 42.5 Å². The molecular formula is C21H22N2O2. The van der Waals surface area contributed by atoms with E-state index in [-0.39, 0.29) is 5.91 Å². The van der Waals surface area contributed by atoms with Gasteiger partial charge in [-0.1, -0.05) is 23.8 Å². The van der Waals surface area contributed by atoms with E-state index in [0.29, 0.717) is 12.2 Å². The molecule has 0 atom stereocenters. The number of amides is 1. The van der Waals surface area contributed by atoms with E-state index in [1.165, 1.54) is 11.1 Å². The van der Waals surface area contributed by atoms with Crippen LogP contribution in [0.2, 0.25) is 0 Å². The second-order valence-corrected chi connectivity index (χ2v) is 6.24. The van der Waals surface area contributed by atoms with Gasteiger partial charge in [0.1, 0.15) is 0 Å². The third-order valence-electron chi connectivity index (χ3n) is 4.32. The summed E-state index contributed by atoms with van der Waals surface area (Å²) in [4.78, 5) is 22.4. The molecule has 1 heterocycles. The normalized spacial score (nSPS) is 10.9. The highest BCUT2D eigenvalue weighted by Crippen LogP contribution is 2.27. The van der Waals surface area contributed by atoms with Crippen LogP contribution in [0.25, 0.3) is 22.2 Å². The van der Waals surface area contributed by atoms with Crippen molar-refractivity contribution in [3.05, 3.63) is 64.7 Å². The summed E-state index contributed by atoms with van der Waals surface area (Å²) in [6, 6.07) is 14.0. The maximum Gasteiger partial charge on any atom is 0.275 e. The van der Waals surface area contributed by atoms with Crippen LogP contribution in [0.3, 0.4) is 0 Å². The third kappa shape index (κ3) is 3.54. The average Bonchev–Trinajstić information content (AvgIpc) is 2.61. The number of hydrogen-bond donors (Lipinski definition) is 1. The molecule has 0 fully saturated rings. The molecule has 3 rings (SSSR count). The van der Waals surface area contributed by atoms with Crippen molar-refractivity contribution in [1.82, 2.24) is 10.5 Å². The van der Waals surface area contributed by atoms with Gasteiger partial charge in [-0.15, -0.1) is 0 Å². The molecule has 0 aliphatic heterocycles. The second-order valence-electron chi connectivity index (χ2n) is 6.24. The Bertz CT molecular complexity index is 948. The summed E-state index contributed by atoms with van der Waals surface area (Å²) in [6.45, 7) is 8.40. The summed E-state index contributed by atoms with van der Waals surface area (Å²) in [5.74, 6) is -0.259. The number of nitrogens with zero attached hydrogens (tertiary/aromatic N) is 1. The Morgan fingerprint density at radius 3 is 2.56 bits per heavy atom. The van der Waals surface area contributed by atoms with Gasteiger partial charge < -0.3 is 0 Å². The van der Waals surface area contributed by atoms with Crippen molar-refractivity contribution in [3.63, 3.8) is 0 Å². The van der Waals surface area contributed by atoms with Crippen molar-refractivity contribution in [3.8, 4) is 11.3 Å². The lowest BCUT2D eigenvalue weighted by Crippen LogP contribution is -2.24. The van der Waals surface area contributed by atoms with Gasteiger partial charge in [-0.25, -0.2) is 10.5 Å². The Morgan fingerprint density at radius 2 is 1.84 bits per heavy atom. The summed E-state index contributed by atoms with van der Waals surface area (Å²) < 4.78 is 0. The van der Waals surface area contributed by atoms with Gasteiger partial charge in [0.25, 0.3) is 5.91 Å². The first-order valence-electron chi connectivity index (χ1n) is 8.40. The highest BCUT2D eigenvalue weighted by atomic mass is 16.6. The van der Waals surface area contributed by atoms with E-state index in [9.17, 15) is 4.79 Å². The Hall–Kier alpha value is -2.72. The zero-order valence-electron chi connectivity index (χ0n) is 15.0. The van der Waals surface area contributed by atoms with E-state index < -0.39 is 0 Å². The first-order chi connectivity index (χ1) is 12.0. The number of aromatic nitrogens is 1. The Kier molecular flexibility index (Phi) is 4.81. The second kappa shape index (κ2) is 7.03. The number of nitrogens with one attached hydrogen (secondary N) is 1. The standard InChI is InChI=1S/C21H22N2O2/c1-5-25-23-21(24)18-12-20(16-8-7-14(3)15(4)11-16)22-19-9-6-13(2)10-17(18)19/h6-12H,5H2,1-4H3,(H,23,24). The molecule has 4 nitrogen and oxygen atoms in total. The molecule has 0 aliphatic carbocycles. The SMILES string of the molecule is CCONC(=O)c1cc(-c2ccc(C)c(C)c2)nc2ccc(C)cc12. The third-order valence-corrected chi connectivity index (χ3v) is 4.32. The van der Waals surface area contributed by atoms with E-state index in [1.54, 1.807) is 0 Å². The molecular weight excluding hydrogens is 312 g/mol. The van der Waals surface area contributed by atoms with Crippen LogP contribution in [0.5, 0.6) is 0 Å². The number of pyridine rings is 1. The highest BCUT2D eigenvalue weighted by Gasteiger charge is 2.14. The summed E-state index contributed by atoms with van der Waals surface area (Å²) >= 11 is 0. The molecule has 3 aromatic rings. The van der Waals surface area contributed by atoms with Gasteiger partial charge in [0.05, 0.1) is 23.4 Å². The molecule has 0 unspecified atom stereocenters. The van der Waals surface area contributed by atoms with Gasteiger partial charge in [-0.05, 0) is 63.1 Å². The van der Waals surface area contributed by atoms with E-state index in [4.69, 9.17) is 9.82 Å². The maximum atomic E-state index is 12.6. The van der Waals surface area contributed by atoms with E-state index in [1.807, 2.05) is 44.2 Å². The Balaban J connectivity index is 2.18. The van der Waals surface area contributed by atoms with Gasteiger partial charge in [-0.2, -0.15) is 0 Å². The van der Waals surface area contributed by atoms with Crippen LogP contribution < -0.4 is 5.48 Å². The molecule has 0 bridgehead atoms. The summed E-state index contributed by atoms with van der Waals surface area (Å²) in [7, 11) is 0. The molecule has 0 spiro atoms. The zero-order chi connectivity index (χ0) is 18.0. The topological polar surface area (TPSA) is 51.2 Å². The lowest BCUT2D eigenvalue weighted by atomic mass is 10.00. The summed E-state index contributed by atoms with van der Waals surface area (Å²) in [5.41, 5.74) is 9.14. The monoisotopic (exact) mass is 334 g/mol. The van der Waals surface area contributed by atoms with Gasteiger partial charge in [0.15, 0.2) is 0 Å². The minimum Gasteiger partial charge on any atom is -0.274 e. The quantitative estimate of drug-likeness (QED) is 0.714. The van der Waals surface area contributed by atoms with E-state index >= 15 is 0 Å². The van der Waals surface area contributed by atoms with Crippen molar-refractivity contribution in [2.24, 2.45) is 0 Å². The van der Waals surface area contributed by atoms with E-state index in [0.717, 1.165) is 27.7 Å².